The summed E-state index contributed by atoms with van der Waals surface area (Å²) in [5, 5.41) is 19.2. The minimum atomic E-state index is -1.03. The summed E-state index contributed by atoms with van der Waals surface area (Å²) in [6.07, 6.45) is 10.5. The van der Waals surface area contributed by atoms with Gasteiger partial charge in [-0.3, -0.25) is 9.59 Å². The number of fused-ring (bicyclic) bond motifs is 7. The van der Waals surface area contributed by atoms with Crippen molar-refractivity contribution in [3.63, 3.8) is 0 Å². The van der Waals surface area contributed by atoms with Gasteiger partial charge >= 0.3 is 11.9 Å². The van der Waals surface area contributed by atoms with E-state index in [1.54, 1.807) is 0 Å². The highest BCUT2D eigenvalue weighted by molar-refractivity contribution is 5.79. The van der Waals surface area contributed by atoms with Gasteiger partial charge in [-0.2, -0.15) is 0 Å². The molecule has 0 spiro atoms. The van der Waals surface area contributed by atoms with Crippen molar-refractivity contribution in [2.75, 3.05) is 13.2 Å². The Morgan fingerprint density at radius 2 is 1.68 bits per heavy atom. The minimum Gasteiger partial charge on any atom is -0.462 e. The summed E-state index contributed by atoms with van der Waals surface area (Å²) < 4.78 is 11.7. The van der Waals surface area contributed by atoms with Crippen molar-refractivity contribution in [1.82, 2.24) is 0 Å². The van der Waals surface area contributed by atoms with Crippen molar-refractivity contribution in [3.05, 3.63) is 11.6 Å². The summed E-state index contributed by atoms with van der Waals surface area (Å²) in [6.45, 7) is 18.0. The van der Waals surface area contributed by atoms with Crippen LogP contribution >= 0.6 is 0 Å². The standard InChI is InChI=1S/C35H56O6/c1-21-11-16-35(30(39)40-20-24(38)19-36)18-17-33(7)25(29(35)22(21)2)9-10-27-32(6)14-13-28(41-23(3)37)31(4,5)26(32)12-15-34(27,33)8/h9,21-22,24,26-29,36,38H,10-20H2,1-8H3/t21-,22+,24?,26+,27-,28+,29+,32+,33-,34-,35+/m1/s1. The molecule has 0 aromatic rings. The average molecular weight is 573 g/mol. The predicted octanol–water partition coefficient (Wildman–Crippen LogP) is 6.47. The molecule has 232 valence electrons. The Hall–Kier alpha value is -1.40. The van der Waals surface area contributed by atoms with Gasteiger partial charge in [-0.15, -0.1) is 0 Å². The first-order valence-corrected chi connectivity index (χ1v) is 16.4. The van der Waals surface area contributed by atoms with Crippen LogP contribution in [0, 0.1) is 56.7 Å². The van der Waals surface area contributed by atoms with Crippen molar-refractivity contribution >= 4 is 11.9 Å². The number of esters is 2. The molecular weight excluding hydrogens is 516 g/mol. The molecule has 1 unspecified atom stereocenters. The highest BCUT2D eigenvalue weighted by Crippen LogP contribution is 2.76. The maximum atomic E-state index is 13.9. The highest BCUT2D eigenvalue weighted by Gasteiger charge is 2.70. The Labute approximate surface area is 248 Å². The molecule has 2 N–H and O–H groups in total. The van der Waals surface area contributed by atoms with Gasteiger partial charge in [-0.1, -0.05) is 60.1 Å². The number of aliphatic hydroxyl groups excluding tert-OH is 2. The van der Waals surface area contributed by atoms with Crippen LogP contribution in [-0.4, -0.2) is 47.6 Å². The van der Waals surface area contributed by atoms with Gasteiger partial charge in [0.2, 0.25) is 0 Å². The van der Waals surface area contributed by atoms with Gasteiger partial charge in [0, 0.05) is 12.3 Å². The van der Waals surface area contributed by atoms with Crippen molar-refractivity contribution < 1.29 is 29.3 Å². The zero-order valence-corrected chi connectivity index (χ0v) is 26.9. The molecule has 0 aliphatic heterocycles. The van der Waals surface area contributed by atoms with Crippen LogP contribution in [0.25, 0.3) is 0 Å². The molecule has 0 bridgehead atoms. The Morgan fingerprint density at radius 3 is 2.34 bits per heavy atom. The summed E-state index contributed by atoms with van der Waals surface area (Å²) in [6, 6.07) is 0. The van der Waals surface area contributed by atoms with Gasteiger partial charge in [0.15, 0.2) is 0 Å². The SMILES string of the molecule is CC(=O)O[C@H]1CC[C@]2(C)[C@H]3CC=C4[C@@H]5[C@@H](C)[C@H](C)CC[C@]5(C(=O)OCC(O)CO)CC[C@@]4(C)[C@]3(C)CC[C@H]2C1(C)C. The van der Waals surface area contributed by atoms with Crippen LogP contribution in [0.5, 0.6) is 0 Å². The molecule has 11 atom stereocenters. The largest absolute Gasteiger partial charge is 0.462 e. The summed E-state index contributed by atoms with van der Waals surface area (Å²) in [5.74, 6) is 1.73. The molecule has 0 amide bonds. The summed E-state index contributed by atoms with van der Waals surface area (Å²) in [5.41, 5.74) is 1.17. The normalized spacial score (nSPS) is 47.4. The Morgan fingerprint density at radius 1 is 0.976 bits per heavy atom. The zero-order valence-electron chi connectivity index (χ0n) is 26.9. The number of hydrogen-bond donors (Lipinski definition) is 2. The zero-order chi connectivity index (χ0) is 30.2. The third kappa shape index (κ3) is 4.38. The summed E-state index contributed by atoms with van der Waals surface area (Å²) in [4.78, 5) is 25.9. The van der Waals surface area contributed by atoms with E-state index in [0.717, 1.165) is 57.8 Å². The summed E-state index contributed by atoms with van der Waals surface area (Å²) >= 11 is 0. The molecule has 6 nitrogen and oxygen atoms in total. The van der Waals surface area contributed by atoms with Crippen LogP contribution < -0.4 is 0 Å². The molecule has 4 saturated carbocycles. The molecule has 0 heterocycles. The third-order valence-corrected chi connectivity index (χ3v) is 14.3. The van der Waals surface area contributed by atoms with Gasteiger partial charge in [-0.05, 0) is 104 Å². The predicted molar refractivity (Wildman–Crippen MR) is 159 cm³/mol. The van der Waals surface area contributed by atoms with Crippen LogP contribution in [0.15, 0.2) is 11.6 Å². The molecule has 41 heavy (non-hydrogen) atoms. The van der Waals surface area contributed by atoms with E-state index in [0.29, 0.717) is 23.7 Å². The number of carbonyl (C=O) groups is 2. The molecular formula is C35H56O6. The minimum absolute atomic E-state index is 0.00511. The second kappa shape index (κ2) is 10.4. The monoisotopic (exact) mass is 572 g/mol. The number of allylic oxidation sites excluding steroid dienone is 2. The smallest absolute Gasteiger partial charge is 0.312 e. The van der Waals surface area contributed by atoms with E-state index in [-0.39, 0.29) is 52.2 Å². The number of rotatable bonds is 5. The second-order valence-corrected chi connectivity index (χ2v) is 16.2. The van der Waals surface area contributed by atoms with Gasteiger partial charge in [0.05, 0.1) is 12.0 Å². The Kier molecular flexibility index (Phi) is 7.84. The fraction of sp³-hybridized carbons (Fsp3) is 0.886. The molecule has 0 aromatic heterocycles. The van der Waals surface area contributed by atoms with Crippen molar-refractivity contribution in [3.8, 4) is 0 Å². The van der Waals surface area contributed by atoms with E-state index >= 15 is 0 Å². The van der Waals surface area contributed by atoms with Crippen LogP contribution in [0.3, 0.4) is 0 Å². The van der Waals surface area contributed by atoms with Crippen molar-refractivity contribution in [2.45, 2.75) is 125 Å². The number of carbonyl (C=O) groups excluding carboxylic acids is 2. The first-order chi connectivity index (χ1) is 19.1. The Bertz CT molecular complexity index is 1080. The second-order valence-electron chi connectivity index (χ2n) is 16.2. The van der Waals surface area contributed by atoms with Gasteiger partial charge in [-0.25, -0.2) is 0 Å². The Balaban J connectivity index is 1.52. The molecule has 6 heteroatoms. The van der Waals surface area contributed by atoms with Crippen LogP contribution in [-0.2, 0) is 19.1 Å². The van der Waals surface area contributed by atoms with E-state index in [1.165, 1.54) is 12.5 Å². The highest BCUT2D eigenvalue weighted by atomic mass is 16.5. The molecule has 0 saturated heterocycles. The lowest BCUT2D eigenvalue weighted by atomic mass is 9.33. The van der Waals surface area contributed by atoms with E-state index in [4.69, 9.17) is 9.47 Å². The molecule has 0 aromatic carbocycles. The van der Waals surface area contributed by atoms with E-state index in [1.807, 2.05) is 0 Å². The summed E-state index contributed by atoms with van der Waals surface area (Å²) in [7, 11) is 0. The van der Waals surface area contributed by atoms with Crippen LogP contribution in [0.4, 0.5) is 0 Å². The fourth-order valence-electron chi connectivity index (χ4n) is 11.6. The maximum absolute atomic E-state index is 13.9. The molecule has 5 rings (SSSR count). The van der Waals surface area contributed by atoms with Gasteiger partial charge < -0.3 is 19.7 Å². The van der Waals surface area contributed by atoms with E-state index in [2.05, 4.69) is 54.5 Å². The van der Waals surface area contributed by atoms with Crippen LogP contribution in [0.1, 0.15) is 113 Å². The third-order valence-electron chi connectivity index (χ3n) is 14.3. The number of ether oxygens (including phenoxy) is 2. The lowest BCUT2D eigenvalue weighted by Gasteiger charge is -2.71. The average Bonchev–Trinajstić information content (AvgIpc) is 2.91. The van der Waals surface area contributed by atoms with Gasteiger partial charge in [0.25, 0.3) is 0 Å². The first-order valence-electron chi connectivity index (χ1n) is 16.4. The van der Waals surface area contributed by atoms with Crippen molar-refractivity contribution in [2.24, 2.45) is 56.7 Å². The fourth-order valence-corrected chi connectivity index (χ4v) is 11.6. The molecule has 0 radical (unpaired) electrons. The van der Waals surface area contributed by atoms with E-state index < -0.39 is 18.1 Å². The lowest BCUT2D eigenvalue weighted by Crippen LogP contribution is -2.65. The maximum Gasteiger partial charge on any atom is 0.312 e. The number of aliphatic hydroxyl groups is 2. The quantitative estimate of drug-likeness (QED) is 0.290. The number of hydrogen-bond acceptors (Lipinski definition) is 6. The van der Waals surface area contributed by atoms with Crippen LogP contribution in [0.2, 0.25) is 0 Å². The molecule has 5 aliphatic rings. The van der Waals surface area contributed by atoms with Crippen molar-refractivity contribution in [1.29, 1.82) is 0 Å². The van der Waals surface area contributed by atoms with E-state index in [9.17, 15) is 19.8 Å². The topological polar surface area (TPSA) is 93.1 Å². The molecule has 4 fully saturated rings. The molecule has 5 aliphatic carbocycles. The lowest BCUT2D eigenvalue weighted by molar-refractivity contribution is -0.214. The first kappa shape index (κ1) is 31.0. The van der Waals surface area contributed by atoms with Gasteiger partial charge in [0.1, 0.15) is 18.8 Å².